The van der Waals surface area contributed by atoms with E-state index in [9.17, 15) is 9.59 Å². The zero-order valence-electron chi connectivity index (χ0n) is 13.7. The van der Waals surface area contributed by atoms with E-state index in [0.717, 1.165) is 18.5 Å². The molecule has 0 saturated heterocycles. The van der Waals surface area contributed by atoms with Crippen molar-refractivity contribution in [2.45, 2.75) is 45.3 Å². The monoisotopic (exact) mass is 337 g/mol. The van der Waals surface area contributed by atoms with Gasteiger partial charge in [-0.2, -0.15) is 0 Å². The third kappa shape index (κ3) is 6.81. The molecule has 1 saturated carbocycles. The smallest absolute Gasteiger partial charge is 0.407 e. The molecule has 1 aromatic heterocycles. The number of ether oxygens (including phenoxy) is 1. The number of hydrogen-bond acceptors (Lipinski definition) is 5. The Morgan fingerprint density at radius 3 is 2.78 bits per heavy atom. The van der Waals surface area contributed by atoms with Gasteiger partial charge in [0.2, 0.25) is 5.91 Å². The van der Waals surface area contributed by atoms with Crippen LogP contribution in [0.4, 0.5) is 4.79 Å². The summed E-state index contributed by atoms with van der Waals surface area (Å²) in [5, 5.41) is 7.53. The predicted molar refractivity (Wildman–Crippen MR) is 90.0 cm³/mol. The van der Waals surface area contributed by atoms with Crippen LogP contribution in [0.5, 0.6) is 0 Å². The van der Waals surface area contributed by atoms with E-state index >= 15 is 0 Å². The molecule has 2 N–H and O–H groups in total. The fraction of sp³-hybridized carbons (Fsp3) is 0.562. The molecule has 1 fully saturated rings. The molecule has 0 aliphatic heterocycles. The zero-order valence-corrected chi connectivity index (χ0v) is 14.5. The van der Waals surface area contributed by atoms with Crippen LogP contribution < -0.4 is 10.6 Å². The lowest BCUT2D eigenvalue weighted by Crippen LogP contribution is -2.45. The van der Waals surface area contributed by atoms with Crippen molar-refractivity contribution < 1.29 is 14.3 Å². The van der Waals surface area contributed by atoms with E-state index in [-0.39, 0.29) is 11.9 Å². The molecule has 6 nitrogen and oxygen atoms in total. The molecule has 1 heterocycles. The zero-order chi connectivity index (χ0) is 16.9. The standard InChI is InChI=1S/C16H23N3O3S/c1-16(2,3)22-15(21)17-8-13(11-4-5-11)19-14(20)7-6-12-9-23-10-18-12/h6-7,9-11,13H,4-5,8H2,1-3H3,(H,17,21)(H,19,20)/b7-6-/t13-/m1/s1. The highest BCUT2D eigenvalue weighted by molar-refractivity contribution is 7.07. The summed E-state index contributed by atoms with van der Waals surface area (Å²) in [7, 11) is 0. The van der Waals surface area contributed by atoms with Crippen LogP contribution >= 0.6 is 11.3 Å². The average molecular weight is 337 g/mol. The summed E-state index contributed by atoms with van der Waals surface area (Å²) in [5.74, 6) is 0.238. The first-order valence-corrected chi connectivity index (χ1v) is 8.61. The van der Waals surface area contributed by atoms with Gasteiger partial charge in [-0.3, -0.25) is 4.79 Å². The Labute approximate surface area is 140 Å². The second-order valence-corrected chi connectivity index (χ2v) is 7.30. The van der Waals surface area contributed by atoms with Crippen molar-refractivity contribution in [3.8, 4) is 0 Å². The van der Waals surface area contributed by atoms with Crippen LogP contribution in [-0.4, -0.2) is 35.2 Å². The maximum absolute atomic E-state index is 12.0. The summed E-state index contributed by atoms with van der Waals surface area (Å²) >= 11 is 1.48. The van der Waals surface area contributed by atoms with Gasteiger partial charge in [0.05, 0.1) is 11.2 Å². The molecule has 0 unspecified atom stereocenters. The van der Waals surface area contributed by atoms with Crippen LogP contribution in [0.15, 0.2) is 17.0 Å². The number of carbonyl (C=O) groups excluding carboxylic acids is 2. The van der Waals surface area contributed by atoms with Crippen LogP contribution in [0.1, 0.15) is 39.3 Å². The molecule has 2 rings (SSSR count). The fourth-order valence-corrected chi connectivity index (χ4v) is 2.56. The first kappa shape index (κ1) is 17.5. The number of amides is 2. The van der Waals surface area contributed by atoms with Crippen LogP contribution in [0.25, 0.3) is 6.08 Å². The van der Waals surface area contributed by atoms with Crippen molar-refractivity contribution in [3.05, 3.63) is 22.7 Å². The first-order valence-electron chi connectivity index (χ1n) is 7.67. The van der Waals surface area contributed by atoms with Crippen molar-refractivity contribution in [2.24, 2.45) is 5.92 Å². The molecule has 0 spiro atoms. The Bertz CT molecular complexity index is 560. The van der Waals surface area contributed by atoms with E-state index in [4.69, 9.17) is 4.74 Å². The lowest BCUT2D eigenvalue weighted by molar-refractivity contribution is -0.117. The van der Waals surface area contributed by atoms with Gasteiger partial charge in [0.15, 0.2) is 0 Å². The van der Waals surface area contributed by atoms with Gasteiger partial charge in [-0.25, -0.2) is 9.78 Å². The highest BCUT2D eigenvalue weighted by Crippen LogP contribution is 2.32. The van der Waals surface area contributed by atoms with Gasteiger partial charge >= 0.3 is 6.09 Å². The van der Waals surface area contributed by atoms with Crippen molar-refractivity contribution in [2.75, 3.05) is 6.54 Å². The normalized spacial score (nSPS) is 16.1. The number of thiazole rings is 1. The summed E-state index contributed by atoms with van der Waals surface area (Å²) in [5.41, 5.74) is 1.95. The Morgan fingerprint density at radius 1 is 1.48 bits per heavy atom. The molecule has 1 aliphatic carbocycles. The summed E-state index contributed by atoms with van der Waals surface area (Å²) in [6.07, 6.45) is 4.82. The van der Waals surface area contributed by atoms with E-state index in [1.54, 1.807) is 11.6 Å². The minimum absolute atomic E-state index is 0.0740. The van der Waals surface area contributed by atoms with Gasteiger partial charge < -0.3 is 15.4 Å². The first-order chi connectivity index (χ1) is 10.8. The van der Waals surface area contributed by atoms with Gasteiger partial charge in [0.25, 0.3) is 0 Å². The number of carbonyl (C=O) groups is 2. The minimum Gasteiger partial charge on any atom is -0.444 e. The highest BCUT2D eigenvalue weighted by Gasteiger charge is 2.32. The van der Waals surface area contributed by atoms with Gasteiger partial charge in [-0.15, -0.1) is 11.3 Å². The molecular formula is C16H23N3O3S. The quantitative estimate of drug-likeness (QED) is 0.782. The number of nitrogens with one attached hydrogen (secondary N) is 2. The molecule has 126 valence electrons. The van der Waals surface area contributed by atoms with Crippen molar-refractivity contribution in [1.29, 1.82) is 0 Å². The Hall–Kier alpha value is -1.89. The van der Waals surface area contributed by atoms with Gasteiger partial charge in [-0.05, 0) is 45.6 Å². The van der Waals surface area contributed by atoms with Crippen LogP contribution in [0, 0.1) is 5.92 Å². The number of rotatable bonds is 6. The van der Waals surface area contributed by atoms with E-state index in [2.05, 4.69) is 15.6 Å². The fourth-order valence-electron chi connectivity index (χ4n) is 2.04. The second-order valence-electron chi connectivity index (χ2n) is 6.58. The Kier molecular flexibility index (Phi) is 5.76. The topological polar surface area (TPSA) is 80.3 Å². The molecule has 0 aromatic carbocycles. The van der Waals surface area contributed by atoms with Gasteiger partial charge in [0, 0.05) is 24.0 Å². The van der Waals surface area contributed by atoms with E-state index in [1.165, 1.54) is 17.4 Å². The number of hydrogen-bond donors (Lipinski definition) is 2. The molecule has 1 atom stereocenters. The number of alkyl carbamates (subject to hydrolysis) is 1. The largest absolute Gasteiger partial charge is 0.444 e. The van der Waals surface area contributed by atoms with Crippen LogP contribution in [0.3, 0.4) is 0 Å². The Balaban J connectivity index is 1.80. The third-order valence-electron chi connectivity index (χ3n) is 3.24. The van der Waals surface area contributed by atoms with E-state index < -0.39 is 11.7 Å². The molecule has 7 heteroatoms. The highest BCUT2D eigenvalue weighted by atomic mass is 32.1. The minimum atomic E-state index is -0.529. The van der Waals surface area contributed by atoms with Gasteiger partial charge in [-0.1, -0.05) is 0 Å². The summed E-state index contributed by atoms with van der Waals surface area (Å²) < 4.78 is 5.21. The molecule has 1 aliphatic rings. The molecule has 23 heavy (non-hydrogen) atoms. The summed E-state index contributed by atoms with van der Waals surface area (Å²) in [4.78, 5) is 27.8. The van der Waals surface area contributed by atoms with Gasteiger partial charge in [0.1, 0.15) is 5.60 Å². The SMILES string of the molecule is CC(C)(C)OC(=O)NC[C@@H](NC(=O)/C=C\c1cscn1)C1CC1. The summed E-state index contributed by atoms with van der Waals surface area (Å²) in [6, 6.07) is -0.0740. The molecular weight excluding hydrogens is 314 g/mol. The van der Waals surface area contributed by atoms with Crippen LogP contribution in [0.2, 0.25) is 0 Å². The average Bonchev–Trinajstić information content (AvgIpc) is 3.15. The lowest BCUT2D eigenvalue weighted by atomic mass is 10.2. The van der Waals surface area contributed by atoms with Crippen molar-refractivity contribution in [1.82, 2.24) is 15.6 Å². The van der Waals surface area contributed by atoms with E-state index in [1.807, 2.05) is 26.2 Å². The Morgan fingerprint density at radius 2 is 2.22 bits per heavy atom. The second kappa shape index (κ2) is 7.59. The van der Waals surface area contributed by atoms with E-state index in [0.29, 0.717) is 12.5 Å². The molecule has 0 radical (unpaired) electrons. The number of nitrogens with zero attached hydrogens (tertiary/aromatic N) is 1. The summed E-state index contributed by atoms with van der Waals surface area (Å²) in [6.45, 7) is 5.82. The molecule has 1 aromatic rings. The van der Waals surface area contributed by atoms with Crippen molar-refractivity contribution >= 4 is 29.4 Å². The van der Waals surface area contributed by atoms with Crippen LogP contribution in [-0.2, 0) is 9.53 Å². The maximum atomic E-state index is 12.0. The maximum Gasteiger partial charge on any atom is 0.407 e. The predicted octanol–water partition coefficient (Wildman–Crippen LogP) is 2.58. The third-order valence-corrected chi connectivity index (χ3v) is 3.85. The van der Waals surface area contributed by atoms with Crippen molar-refractivity contribution in [3.63, 3.8) is 0 Å². The number of aromatic nitrogens is 1. The molecule has 0 bridgehead atoms. The molecule has 2 amide bonds. The lowest BCUT2D eigenvalue weighted by Gasteiger charge is -2.22.